The average molecular weight is 665 g/mol. The van der Waals surface area contributed by atoms with E-state index in [2.05, 4.69) is 0 Å². The van der Waals surface area contributed by atoms with Crippen LogP contribution in [0.1, 0.15) is 6.42 Å². The van der Waals surface area contributed by atoms with Gasteiger partial charge in [0.2, 0.25) is 0 Å². The van der Waals surface area contributed by atoms with Gasteiger partial charge in [-0.05, 0) is 6.42 Å². The Morgan fingerprint density at radius 3 is 1.29 bits per heavy atom. The van der Waals surface area contributed by atoms with E-state index in [1.54, 1.807) is 0 Å². The number of rotatable bonds is 10. The van der Waals surface area contributed by atoms with Gasteiger partial charge in [-0.1, -0.05) is 0 Å². The Kier molecular flexibility index (Phi) is 12.8. The van der Waals surface area contributed by atoms with Crippen LogP contribution in [-0.4, -0.2) is 214 Å². The number of aliphatic hydroxyl groups excluding tert-OH is 14. The first-order valence-corrected chi connectivity index (χ1v) is 14.5. The summed E-state index contributed by atoms with van der Waals surface area (Å²) in [5, 5.41) is 143. The van der Waals surface area contributed by atoms with Gasteiger partial charge in [0.25, 0.3) is 0 Å². The quantitative estimate of drug-likeness (QED) is 0.103. The zero-order chi connectivity index (χ0) is 33.3. The predicted octanol–water partition coefficient (Wildman–Crippen LogP) is -9.09. The van der Waals surface area contributed by atoms with Crippen LogP contribution in [0, 0.1) is 5.92 Å². The van der Waals surface area contributed by atoms with Crippen molar-refractivity contribution in [2.24, 2.45) is 5.92 Å². The normalized spacial score (nSPS) is 52.9. The summed E-state index contributed by atoms with van der Waals surface area (Å²) in [5.74, 6) is -0.897. The Hall–Kier alpha value is -0.800. The van der Waals surface area contributed by atoms with Gasteiger partial charge in [-0.2, -0.15) is 0 Å². The van der Waals surface area contributed by atoms with Crippen LogP contribution in [0.15, 0.2) is 0 Å². The summed E-state index contributed by atoms with van der Waals surface area (Å²) in [6.07, 6.45) is -32.5. The van der Waals surface area contributed by atoms with Gasteiger partial charge in [0, 0.05) is 12.5 Å². The van der Waals surface area contributed by atoms with Gasteiger partial charge in [0.05, 0.1) is 32.0 Å². The standard InChI is InChI=1S/C25H44O20/c26-2-6-1-7(12(31)13(32)11(6)30)40-20-9(4-28)42-24(18(37)15(20)34)45-22-10(5-29)43-25(19(38)16(22)35)44-21-8(3-27)41-23(39)17(36)14(21)33/h6-39H,1-5H2/t6-,7+,8-,9-,10-,11-,12+,13+,14-,15-,16-,17-,18-,19-,20-,21-,22-,23?,24-,25-/m1/s1. The highest BCUT2D eigenvalue weighted by molar-refractivity contribution is 4.99. The van der Waals surface area contributed by atoms with Gasteiger partial charge >= 0.3 is 0 Å². The van der Waals surface area contributed by atoms with Crippen molar-refractivity contribution in [1.29, 1.82) is 0 Å². The zero-order valence-electron chi connectivity index (χ0n) is 23.8. The molecule has 0 bridgehead atoms. The van der Waals surface area contributed by atoms with Gasteiger partial charge in [-0.15, -0.1) is 0 Å². The second kappa shape index (κ2) is 15.6. The largest absolute Gasteiger partial charge is 0.396 e. The van der Waals surface area contributed by atoms with Crippen molar-refractivity contribution in [3.05, 3.63) is 0 Å². The Labute approximate surface area is 255 Å². The molecule has 0 amide bonds. The molecule has 3 heterocycles. The smallest absolute Gasteiger partial charge is 0.187 e. The predicted molar refractivity (Wildman–Crippen MR) is 137 cm³/mol. The SMILES string of the molecule is OC[C@H]1C[C@H](O[C@H]2[C@H](O)[C@@H](O)[C@@H](O[C@H]3[C@H](O)[C@@H](O)[C@@H](O[C@H]4[C@H](O)[C@@H](O)C(O)O[C@@H]4CO)O[C@@H]3CO)O[C@@H]2CO)[C@H](O)[C@@H](O)[C@@H]1O. The van der Waals surface area contributed by atoms with E-state index in [0.717, 1.165) is 0 Å². The third kappa shape index (κ3) is 7.45. The molecule has 3 aliphatic heterocycles. The van der Waals surface area contributed by atoms with Gasteiger partial charge < -0.3 is 99.9 Å². The van der Waals surface area contributed by atoms with Gasteiger partial charge in [0.1, 0.15) is 85.5 Å². The van der Waals surface area contributed by atoms with Crippen molar-refractivity contribution < 1.29 is 99.9 Å². The van der Waals surface area contributed by atoms with E-state index in [1.165, 1.54) is 0 Å². The summed E-state index contributed by atoms with van der Waals surface area (Å²) in [7, 11) is 0. The zero-order valence-corrected chi connectivity index (χ0v) is 23.8. The number of hydrogen-bond donors (Lipinski definition) is 14. The van der Waals surface area contributed by atoms with Crippen molar-refractivity contribution >= 4 is 0 Å². The van der Waals surface area contributed by atoms with Crippen molar-refractivity contribution in [3.63, 3.8) is 0 Å². The van der Waals surface area contributed by atoms with Crippen molar-refractivity contribution in [1.82, 2.24) is 0 Å². The number of aliphatic hydroxyl groups is 14. The maximum absolute atomic E-state index is 10.9. The third-order valence-electron chi connectivity index (χ3n) is 8.73. The van der Waals surface area contributed by atoms with Gasteiger partial charge in [-0.25, -0.2) is 0 Å². The summed E-state index contributed by atoms with van der Waals surface area (Å²) in [5.41, 5.74) is 0. The summed E-state index contributed by atoms with van der Waals surface area (Å²) in [6.45, 7) is -3.08. The fourth-order valence-electron chi connectivity index (χ4n) is 6.01. The molecule has 4 aliphatic rings. The summed E-state index contributed by atoms with van der Waals surface area (Å²) in [4.78, 5) is 0. The minimum atomic E-state index is -1.99. The Morgan fingerprint density at radius 1 is 0.422 bits per heavy atom. The van der Waals surface area contributed by atoms with Crippen molar-refractivity contribution in [2.75, 3.05) is 26.4 Å². The minimum Gasteiger partial charge on any atom is -0.396 e. The highest BCUT2D eigenvalue weighted by Crippen LogP contribution is 2.35. The van der Waals surface area contributed by atoms with E-state index < -0.39 is 149 Å². The molecule has 20 atom stereocenters. The Bertz CT molecular complexity index is 910. The summed E-state index contributed by atoms with van der Waals surface area (Å²) < 4.78 is 32.8. The second-order valence-corrected chi connectivity index (χ2v) is 11.6. The molecule has 1 saturated carbocycles. The molecule has 20 heteroatoms. The molecule has 14 N–H and O–H groups in total. The Morgan fingerprint density at radius 2 is 0.844 bits per heavy atom. The van der Waals surface area contributed by atoms with E-state index in [-0.39, 0.29) is 6.42 Å². The van der Waals surface area contributed by atoms with Crippen molar-refractivity contribution in [3.8, 4) is 0 Å². The molecule has 264 valence electrons. The first-order chi connectivity index (χ1) is 21.3. The topological polar surface area (TPSA) is 339 Å². The maximum atomic E-state index is 10.9. The second-order valence-electron chi connectivity index (χ2n) is 11.6. The molecule has 1 aliphatic carbocycles. The van der Waals surface area contributed by atoms with E-state index in [1.807, 2.05) is 0 Å². The first-order valence-electron chi connectivity index (χ1n) is 14.5. The van der Waals surface area contributed by atoms with Crippen LogP contribution in [0.4, 0.5) is 0 Å². The minimum absolute atomic E-state index is 0.166. The lowest BCUT2D eigenvalue weighted by atomic mass is 9.81. The lowest BCUT2D eigenvalue weighted by Crippen LogP contribution is -2.67. The van der Waals surface area contributed by atoms with Crippen LogP contribution >= 0.6 is 0 Å². The monoisotopic (exact) mass is 664 g/mol. The van der Waals surface area contributed by atoms with Crippen LogP contribution < -0.4 is 0 Å². The molecule has 0 aromatic carbocycles. The lowest BCUT2D eigenvalue weighted by Gasteiger charge is -2.49. The molecule has 0 radical (unpaired) electrons. The Balaban J connectivity index is 1.43. The fraction of sp³-hybridized carbons (Fsp3) is 1.00. The highest BCUT2D eigenvalue weighted by Gasteiger charge is 2.54. The average Bonchev–Trinajstić information content (AvgIpc) is 3.03. The molecule has 0 aromatic heterocycles. The number of hydrogen-bond acceptors (Lipinski definition) is 20. The molecule has 4 fully saturated rings. The van der Waals surface area contributed by atoms with Gasteiger partial charge in [0.15, 0.2) is 18.9 Å². The fourth-order valence-corrected chi connectivity index (χ4v) is 6.01. The number of ether oxygens (including phenoxy) is 6. The molecule has 1 unspecified atom stereocenters. The molecular formula is C25H44O20. The molecule has 20 nitrogen and oxygen atoms in total. The molecule has 3 saturated heterocycles. The molecule has 45 heavy (non-hydrogen) atoms. The van der Waals surface area contributed by atoms with Crippen LogP contribution in [0.5, 0.6) is 0 Å². The van der Waals surface area contributed by atoms with Crippen LogP contribution in [-0.2, 0) is 28.4 Å². The van der Waals surface area contributed by atoms with Crippen LogP contribution in [0.3, 0.4) is 0 Å². The molecule has 0 aromatic rings. The van der Waals surface area contributed by atoms with E-state index >= 15 is 0 Å². The maximum Gasteiger partial charge on any atom is 0.187 e. The lowest BCUT2D eigenvalue weighted by molar-refractivity contribution is -0.380. The van der Waals surface area contributed by atoms with Crippen LogP contribution in [0.25, 0.3) is 0 Å². The van der Waals surface area contributed by atoms with E-state index in [4.69, 9.17) is 28.4 Å². The molecule has 4 rings (SSSR count). The van der Waals surface area contributed by atoms with E-state index in [0.29, 0.717) is 0 Å². The first kappa shape index (κ1) is 37.0. The molecule has 0 spiro atoms. The molecular weight excluding hydrogens is 620 g/mol. The van der Waals surface area contributed by atoms with Crippen molar-refractivity contribution in [2.45, 2.75) is 123 Å². The van der Waals surface area contributed by atoms with Gasteiger partial charge in [-0.3, -0.25) is 0 Å². The third-order valence-corrected chi connectivity index (χ3v) is 8.73. The van der Waals surface area contributed by atoms with Crippen LogP contribution in [0.2, 0.25) is 0 Å². The highest BCUT2D eigenvalue weighted by atomic mass is 16.8. The van der Waals surface area contributed by atoms with E-state index in [9.17, 15) is 71.5 Å². The summed E-state index contributed by atoms with van der Waals surface area (Å²) >= 11 is 0. The summed E-state index contributed by atoms with van der Waals surface area (Å²) in [6, 6.07) is 0.